The first-order valence-electron chi connectivity index (χ1n) is 38.9. The molecule has 3 N–H and O–H groups in total. The average molecular weight is 1440 g/mol. The maximum absolute atomic E-state index is 13.6. The molecule has 3 aliphatic rings. The fourth-order valence-corrected chi connectivity index (χ4v) is 11.5. The van der Waals surface area contributed by atoms with Crippen LogP contribution in [0.25, 0.3) is 0 Å². The minimum Gasteiger partial charge on any atom is -0.496 e. The van der Waals surface area contributed by atoms with Gasteiger partial charge in [0.15, 0.2) is 0 Å². The first kappa shape index (κ1) is 58.4. The zero-order valence-corrected chi connectivity index (χ0v) is 59.1. The number of carbonyl (C=O) groups is 9. The molecule has 9 amide bonds. The smallest absolute Gasteiger partial charge is 0.264 e. The molecule has 24 nitrogen and oxygen atoms in total. The van der Waals surface area contributed by atoms with Crippen molar-refractivity contribution < 1.29 is 106 Å². The van der Waals surface area contributed by atoms with E-state index in [4.69, 9.17) is 37.5 Å². The van der Waals surface area contributed by atoms with Gasteiger partial charge in [-0.15, -0.1) is 0 Å². The van der Waals surface area contributed by atoms with Crippen LogP contribution in [0.5, 0.6) is 17.2 Å². The Bertz CT molecular complexity index is 5120. The Hall–Kier alpha value is -9.60. The molecule has 0 radical (unpaired) electrons. The van der Waals surface area contributed by atoms with E-state index >= 15 is 0 Å². The fraction of sp³-hybridized carbons (Fsp3) is 0.375. The van der Waals surface area contributed by atoms with Gasteiger partial charge < -0.3 is 30.2 Å². The summed E-state index contributed by atoms with van der Waals surface area (Å²) in [6.07, 6.45) is -7.97. The molecule has 3 heterocycles. The first-order valence-corrected chi connectivity index (χ1v) is 34.6. The molecular formula is C72H90N6O18S3. The van der Waals surface area contributed by atoms with E-state index in [0.29, 0.717) is 51.8 Å². The summed E-state index contributed by atoms with van der Waals surface area (Å²) in [4.78, 5) is 116. The number of imide groups is 3. The van der Waals surface area contributed by atoms with E-state index in [2.05, 4.69) is 29.8 Å². The van der Waals surface area contributed by atoms with Gasteiger partial charge in [0.2, 0.25) is 17.7 Å². The lowest BCUT2D eigenvalue weighted by Crippen LogP contribution is -2.37. The van der Waals surface area contributed by atoms with Gasteiger partial charge in [0, 0.05) is 59.9 Å². The van der Waals surface area contributed by atoms with Crippen molar-refractivity contribution in [2.24, 2.45) is 0 Å². The molecule has 6 aromatic carbocycles. The van der Waals surface area contributed by atoms with Gasteiger partial charge in [0.25, 0.3) is 35.4 Å². The van der Waals surface area contributed by atoms with Crippen LogP contribution in [-0.4, -0.2) is 150 Å². The third-order valence-electron chi connectivity index (χ3n) is 13.4. The van der Waals surface area contributed by atoms with Gasteiger partial charge in [-0.25, -0.2) is 25.3 Å². The lowest BCUT2D eigenvalue weighted by Gasteiger charge is -2.26. The summed E-state index contributed by atoms with van der Waals surface area (Å²) in [5.41, 5.74) is -8.85. The fourth-order valence-electron chi connectivity index (χ4n) is 9.83. The molecule has 99 heavy (non-hydrogen) atoms. The third kappa shape index (κ3) is 21.2. The molecule has 6 aromatic rings. The van der Waals surface area contributed by atoms with Crippen molar-refractivity contribution in [2.45, 2.75) is 120 Å². The van der Waals surface area contributed by atoms with Crippen LogP contribution in [0, 0.1) is 20.8 Å². The molecule has 0 aliphatic carbocycles. The lowest BCUT2D eigenvalue weighted by atomic mass is 10.0. The molecule has 0 aromatic heterocycles. The third-order valence-corrected chi connectivity index (χ3v) is 15.1. The number of benzene rings is 6. The average Bonchev–Trinajstić information content (AvgIpc) is 1.42. The Morgan fingerprint density at radius 3 is 1.07 bits per heavy atom. The highest BCUT2D eigenvalue weighted by atomic mass is 32.2. The second kappa shape index (κ2) is 35.8. The number of ether oxygens (including phenoxy) is 3. The van der Waals surface area contributed by atoms with Crippen molar-refractivity contribution >= 4 is 99.7 Å². The predicted molar refractivity (Wildman–Crippen MR) is 382 cm³/mol. The molecule has 0 spiro atoms. The van der Waals surface area contributed by atoms with E-state index in [0.717, 1.165) is 31.9 Å². The number of aryl methyl sites for hydroxylation is 3. The Balaban J connectivity index is 0.000000343. The maximum Gasteiger partial charge on any atom is 0.264 e. The zero-order valence-electron chi connectivity index (χ0n) is 73.6. The van der Waals surface area contributed by atoms with Crippen LogP contribution in [-0.2, 0) is 43.9 Å². The van der Waals surface area contributed by atoms with Gasteiger partial charge in [-0.3, -0.25) is 57.9 Å². The van der Waals surface area contributed by atoms with Crippen LogP contribution >= 0.6 is 0 Å². The summed E-state index contributed by atoms with van der Waals surface area (Å²) >= 11 is 0. The van der Waals surface area contributed by atoms with Crippen LogP contribution in [0.3, 0.4) is 0 Å². The summed E-state index contributed by atoms with van der Waals surface area (Å²) in [6, 6.07) is 15.2. The van der Waals surface area contributed by atoms with Crippen molar-refractivity contribution in [1.82, 2.24) is 14.7 Å². The van der Waals surface area contributed by atoms with Crippen LogP contribution in [0.2, 0.25) is 0 Å². The molecule has 27 heteroatoms. The summed E-state index contributed by atoms with van der Waals surface area (Å²) in [7, 11) is -12.2. The largest absolute Gasteiger partial charge is 0.496 e. The molecule has 534 valence electrons. The monoisotopic (exact) mass is 1440 g/mol. The number of rotatable bonds is 18. The van der Waals surface area contributed by atoms with E-state index in [1.54, 1.807) is 13.8 Å². The molecule has 0 fully saturated rings. The van der Waals surface area contributed by atoms with Crippen molar-refractivity contribution in [2.75, 3.05) is 73.0 Å². The van der Waals surface area contributed by atoms with Gasteiger partial charge in [0.1, 0.15) is 46.8 Å². The highest BCUT2D eigenvalue weighted by molar-refractivity contribution is 7.91. The minimum atomic E-state index is -5.81. The topological polar surface area (TPSA) is 330 Å². The van der Waals surface area contributed by atoms with Crippen molar-refractivity contribution in [3.63, 3.8) is 0 Å². The zero-order chi connectivity index (χ0) is 89.1. The van der Waals surface area contributed by atoms with Crippen LogP contribution in [0.15, 0.2) is 109 Å². The molecule has 0 saturated heterocycles. The Labute approximate surface area is 604 Å². The number of hydrogen-bond donors (Lipinski definition) is 3. The standard InChI is InChI=1S/3C21H22N2O6S.3C3H8/c3*1-12-10-14(8-9-18(12)29-3)17(11-30(4,27)28)23-20(25)15-6-5-7-16(22-13(2)24)19(15)21(23)26;3*1-3-2/h3*5-10,17H,11H2,1-4H3,(H,22,24);3*3H2,1-2H3/t3*17-;;;/m111.../s1/i4D3,11D2,17D;4D3,17D;4D3,11D2;2*1D;. The number of methoxy groups -OCH3 is 3. The molecule has 0 bridgehead atoms. The molecular weight excluding hydrogens is 1330 g/mol. The van der Waals surface area contributed by atoms with Gasteiger partial charge >= 0.3 is 0 Å². The summed E-state index contributed by atoms with van der Waals surface area (Å²) in [6.45, 7) is 17.6. The number of fused-ring (bicyclic) bond motifs is 3. The molecule has 3 aliphatic heterocycles. The molecule has 0 unspecified atom stereocenters. The number of hydrogen-bond acceptors (Lipinski definition) is 18. The van der Waals surface area contributed by atoms with E-state index in [1.807, 2.05) is 13.8 Å². The number of sulfone groups is 3. The van der Waals surface area contributed by atoms with Gasteiger partial charge in [-0.1, -0.05) is 115 Å². The lowest BCUT2D eigenvalue weighted by molar-refractivity contribution is -0.115. The number of anilines is 3. The van der Waals surface area contributed by atoms with E-state index in [-0.39, 0.29) is 72.2 Å². The highest BCUT2D eigenvalue weighted by Gasteiger charge is 2.46. The van der Waals surface area contributed by atoms with Crippen molar-refractivity contribution in [3.05, 3.63) is 176 Å². The first-order chi connectivity index (χ1) is 53.4. The van der Waals surface area contributed by atoms with Crippen molar-refractivity contribution in [1.29, 1.82) is 0 Å². The van der Waals surface area contributed by atoms with E-state index in [9.17, 15) is 68.4 Å². The number of carbonyl (C=O) groups excluding carboxylic acids is 9. The summed E-state index contributed by atoms with van der Waals surface area (Å²) < 4.78 is 224. The summed E-state index contributed by atoms with van der Waals surface area (Å²) in [5, 5.41) is 7.22. The van der Waals surface area contributed by atoms with E-state index < -0.39 is 142 Å². The van der Waals surface area contributed by atoms with Gasteiger partial charge in [-0.05, 0) is 109 Å². The molecule has 3 atom stereocenters. The van der Waals surface area contributed by atoms with Crippen LogP contribution in [0.1, 0.15) is 218 Å². The minimum absolute atomic E-state index is 0.0118. The Morgan fingerprint density at radius 1 is 0.444 bits per heavy atom. The number of nitrogens with zero attached hydrogens (tertiary/aromatic N) is 3. The number of nitrogens with one attached hydrogen (secondary N) is 3. The SMILES string of the molecule is CCC.[2H]C([2H])([2H])S(=O)(=O)C([2H])([2H])[C@H](c1ccc(OC)c(C)c1)N1C(=O)c2cccc(NC(C)=O)c2C1=O.[2H]C([2H])([2H])S(=O)(=O)C([2H])([2H])[C@]([2H])(c1ccc(OC)c(C)c1)N1C(=O)c2cccc(NC(C)=O)c2C1=O.[2H]C([2H])([2H])S(=O)(=O)C[C@]([2H])(c1ccc(OC)c(C)c1)N1C(=O)c2cccc(NC(C)=O)c2C1=O.[2H]CCC.[2H]CCC. The molecule has 9 rings (SSSR count). The van der Waals surface area contributed by atoms with Crippen LogP contribution in [0.4, 0.5) is 17.1 Å². The highest BCUT2D eigenvalue weighted by Crippen LogP contribution is 2.41. The van der Waals surface area contributed by atoms with Crippen molar-refractivity contribution in [3.8, 4) is 17.2 Å². The second-order valence-electron chi connectivity index (χ2n) is 21.6. The second-order valence-corrected chi connectivity index (χ2v) is 25.6. The summed E-state index contributed by atoms with van der Waals surface area (Å²) in [5.74, 6) is -8.66. The number of amides is 9. The molecule has 0 saturated carbocycles. The normalized spacial score (nSPS) is 17.5. The quantitative estimate of drug-likeness (QED) is 0.0673. The van der Waals surface area contributed by atoms with E-state index in [1.165, 1.54) is 146 Å². The predicted octanol–water partition coefficient (Wildman–Crippen LogP) is 11.3. The van der Waals surface area contributed by atoms with Gasteiger partial charge in [-0.2, -0.15) is 0 Å². The Kier molecular flexibility index (Phi) is 21.1. The maximum atomic E-state index is 13.6. The van der Waals surface area contributed by atoms with Crippen LogP contribution < -0.4 is 30.2 Å². The Morgan fingerprint density at radius 2 is 0.747 bits per heavy atom. The van der Waals surface area contributed by atoms with Gasteiger partial charge in [0.05, 0.1) is 110 Å².